The Morgan fingerprint density at radius 1 is 1.32 bits per heavy atom. The quantitative estimate of drug-likeness (QED) is 0.623. The molecule has 2 rings (SSSR count). The van der Waals surface area contributed by atoms with Gasteiger partial charge in [-0.1, -0.05) is 13.3 Å². The number of esters is 1. The predicted molar refractivity (Wildman–Crippen MR) is 65.5 cm³/mol. The Bertz CT molecular complexity index is 457. The van der Waals surface area contributed by atoms with Crippen LogP contribution in [0.4, 0.5) is 8.78 Å². The molecule has 0 aromatic carbocycles. The second-order valence-corrected chi connectivity index (χ2v) is 4.97. The number of carbonyl (C=O) groups is 1. The molecule has 0 saturated heterocycles. The molecule has 0 aliphatic heterocycles. The average molecular weight is 269 g/mol. The molecule has 3 nitrogen and oxygen atoms in total. The van der Waals surface area contributed by atoms with Gasteiger partial charge in [-0.3, -0.25) is 4.79 Å². The van der Waals surface area contributed by atoms with E-state index in [0.717, 1.165) is 44.2 Å². The van der Waals surface area contributed by atoms with Crippen molar-refractivity contribution in [3.63, 3.8) is 0 Å². The summed E-state index contributed by atoms with van der Waals surface area (Å²) in [4.78, 5) is 14.9. The van der Waals surface area contributed by atoms with Gasteiger partial charge in [0.25, 0.3) is 5.95 Å². The number of hydrogen-bond donors (Lipinski definition) is 0. The molecule has 1 aromatic heterocycles. The average Bonchev–Trinajstić information content (AvgIpc) is 2.42. The van der Waals surface area contributed by atoms with Crippen LogP contribution in [0.1, 0.15) is 39.0 Å². The van der Waals surface area contributed by atoms with Crippen LogP contribution < -0.4 is 4.74 Å². The Labute approximate surface area is 111 Å². The van der Waals surface area contributed by atoms with Crippen molar-refractivity contribution in [2.75, 3.05) is 0 Å². The summed E-state index contributed by atoms with van der Waals surface area (Å²) in [6, 6.07) is 2.06. The molecule has 5 heteroatoms. The van der Waals surface area contributed by atoms with Crippen molar-refractivity contribution < 1.29 is 18.3 Å². The standard InChI is InChI=1S/C14H17F2NO2/c1-2-9-3-5-10(6-4-9)14(18)19-11-7-8-12(15)17-13(11)16/h7-10H,2-6H2,1H3. The van der Waals surface area contributed by atoms with Crippen LogP contribution in [0.5, 0.6) is 5.75 Å². The topological polar surface area (TPSA) is 39.2 Å². The van der Waals surface area contributed by atoms with E-state index >= 15 is 0 Å². The molecule has 19 heavy (non-hydrogen) atoms. The van der Waals surface area contributed by atoms with Gasteiger partial charge >= 0.3 is 5.97 Å². The summed E-state index contributed by atoms with van der Waals surface area (Å²) >= 11 is 0. The fourth-order valence-corrected chi connectivity index (χ4v) is 2.47. The largest absolute Gasteiger partial charge is 0.421 e. The molecule has 1 heterocycles. The lowest BCUT2D eigenvalue weighted by molar-refractivity contribution is -0.140. The van der Waals surface area contributed by atoms with Gasteiger partial charge in [0.2, 0.25) is 5.95 Å². The van der Waals surface area contributed by atoms with E-state index in [1.165, 1.54) is 0 Å². The van der Waals surface area contributed by atoms with Gasteiger partial charge in [0.05, 0.1) is 5.92 Å². The number of carbonyl (C=O) groups excluding carboxylic acids is 1. The van der Waals surface area contributed by atoms with Gasteiger partial charge in [-0.15, -0.1) is 0 Å². The van der Waals surface area contributed by atoms with E-state index in [-0.39, 0.29) is 11.7 Å². The number of aromatic nitrogens is 1. The Hall–Kier alpha value is -1.52. The molecule has 1 saturated carbocycles. The van der Waals surface area contributed by atoms with Crippen LogP contribution in [0.25, 0.3) is 0 Å². The van der Waals surface area contributed by atoms with Crippen molar-refractivity contribution >= 4 is 5.97 Å². The summed E-state index contributed by atoms with van der Waals surface area (Å²) in [5.41, 5.74) is 0. The first-order valence-corrected chi connectivity index (χ1v) is 6.64. The summed E-state index contributed by atoms with van der Waals surface area (Å²) in [6.07, 6.45) is 4.67. The lowest BCUT2D eigenvalue weighted by Crippen LogP contribution is -2.25. The highest BCUT2D eigenvalue weighted by Crippen LogP contribution is 2.31. The first-order valence-electron chi connectivity index (χ1n) is 6.64. The smallest absolute Gasteiger partial charge is 0.314 e. The summed E-state index contributed by atoms with van der Waals surface area (Å²) < 4.78 is 30.9. The van der Waals surface area contributed by atoms with Gasteiger partial charge in [0.15, 0.2) is 5.75 Å². The molecule has 1 aliphatic rings. The van der Waals surface area contributed by atoms with E-state index < -0.39 is 17.9 Å². The van der Waals surface area contributed by atoms with Crippen LogP contribution in [0, 0.1) is 23.7 Å². The molecule has 104 valence electrons. The van der Waals surface area contributed by atoms with E-state index in [4.69, 9.17) is 4.74 Å². The van der Waals surface area contributed by atoms with E-state index in [1.807, 2.05) is 0 Å². The molecule has 1 fully saturated rings. The first kappa shape index (κ1) is 13.9. The minimum atomic E-state index is -1.09. The fraction of sp³-hybridized carbons (Fsp3) is 0.571. The molecule has 1 aliphatic carbocycles. The summed E-state index contributed by atoms with van der Waals surface area (Å²) in [7, 11) is 0. The molecule has 0 atom stereocenters. The molecule has 0 amide bonds. The van der Waals surface area contributed by atoms with Crippen LogP contribution in [0.2, 0.25) is 0 Å². The zero-order valence-corrected chi connectivity index (χ0v) is 10.9. The third kappa shape index (κ3) is 3.49. The van der Waals surface area contributed by atoms with Crippen LogP contribution in [-0.2, 0) is 4.79 Å². The Kier molecular flexibility index (Phi) is 4.45. The molecule has 1 aromatic rings. The zero-order chi connectivity index (χ0) is 13.8. The van der Waals surface area contributed by atoms with Gasteiger partial charge in [-0.2, -0.15) is 13.8 Å². The number of hydrogen-bond acceptors (Lipinski definition) is 3. The van der Waals surface area contributed by atoms with Gasteiger partial charge in [0, 0.05) is 0 Å². The van der Waals surface area contributed by atoms with E-state index in [1.54, 1.807) is 0 Å². The van der Waals surface area contributed by atoms with Gasteiger partial charge in [-0.05, 0) is 43.7 Å². The van der Waals surface area contributed by atoms with E-state index in [0.29, 0.717) is 5.92 Å². The number of rotatable bonds is 3. The van der Waals surface area contributed by atoms with Gasteiger partial charge < -0.3 is 4.74 Å². The summed E-state index contributed by atoms with van der Waals surface area (Å²) in [5.74, 6) is -2.28. The second kappa shape index (κ2) is 6.08. The van der Waals surface area contributed by atoms with Gasteiger partial charge in [-0.25, -0.2) is 0 Å². The van der Waals surface area contributed by atoms with Crippen LogP contribution >= 0.6 is 0 Å². The molecular formula is C14H17F2NO2. The second-order valence-electron chi connectivity index (χ2n) is 4.97. The highest BCUT2D eigenvalue weighted by atomic mass is 19.1. The first-order chi connectivity index (χ1) is 9.10. The van der Waals surface area contributed by atoms with Crippen molar-refractivity contribution in [1.82, 2.24) is 4.98 Å². The Morgan fingerprint density at radius 2 is 2.00 bits per heavy atom. The minimum absolute atomic E-state index is 0.188. The maximum Gasteiger partial charge on any atom is 0.314 e. The van der Waals surface area contributed by atoms with Crippen LogP contribution in [-0.4, -0.2) is 11.0 Å². The fourth-order valence-electron chi connectivity index (χ4n) is 2.47. The van der Waals surface area contributed by atoms with Crippen molar-refractivity contribution in [1.29, 1.82) is 0 Å². The highest BCUT2D eigenvalue weighted by molar-refractivity contribution is 5.75. The Balaban J connectivity index is 1.94. The third-order valence-corrected chi connectivity index (χ3v) is 3.75. The SMILES string of the molecule is CCC1CCC(C(=O)Oc2ccc(F)nc2F)CC1. The minimum Gasteiger partial charge on any atom is -0.421 e. The molecular weight excluding hydrogens is 252 g/mol. The number of halogens is 2. The highest BCUT2D eigenvalue weighted by Gasteiger charge is 2.27. The zero-order valence-electron chi connectivity index (χ0n) is 10.9. The number of ether oxygens (including phenoxy) is 1. The normalized spacial score (nSPS) is 23.1. The predicted octanol–water partition coefficient (Wildman–Crippen LogP) is 3.48. The monoisotopic (exact) mass is 269 g/mol. The molecule has 0 bridgehead atoms. The van der Waals surface area contributed by atoms with Crippen molar-refractivity contribution in [2.24, 2.45) is 11.8 Å². The molecule has 0 spiro atoms. The van der Waals surface area contributed by atoms with E-state index in [9.17, 15) is 13.6 Å². The molecule has 0 radical (unpaired) electrons. The number of nitrogens with zero attached hydrogens (tertiary/aromatic N) is 1. The van der Waals surface area contributed by atoms with Crippen LogP contribution in [0.3, 0.4) is 0 Å². The maximum atomic E-state index is 13.3. The van der Waals surface area contributed by atoms with Crippen molar-refractivity contribution in [3.05, 3.63) is 24.0 Å². The number of pyridine rings is 1. The maximum absolute atomic E-state index is 13.3. The summed E-state index contributed by atoms with van der Waals surface area (Å²) in [6.45, 7) is 2.14. The summed E-state index contributed by atoms with van der Waals surface area (Å²) in [5, 5.41) is 0. The molecule has 0 N–H and O–H groups in total. The van der Waals surface area contributed by atoms with E-state index in [2.05, 4.69) is 11.9 Å². The van der Waals surface area contributed by atoms with Gasteiger partial charge in [0.1, 0.15) is 0 Å². The lowest BCUT2D eigenvalue weighted by atomic mass is 9.81. The van der Waals surface area contributed by atoms with Crippen LogP contribution in [0.15, 0.2) is 12.1 Å². The van der Waals surface area contributed by atoms with Crippen molar-refractivity contribution in [3.8, 4) is 5.75 Å². The Morgan fingerprint density at radius 3 is 2.58 bits per heavy atom. The lowest BCUT2D eigenvalue weighted by Gasteiger charge is -2.26. The molecule has 0 unspecified atom stereocenters. The third-order valence-electron chi connectivity index (χ3n) is 3.75. The van der Waals surface area contributed by atoms with Crippen molar-refractivity contribution in [2.45, 2.75) is 39.0 Å².